The van der Waals surface area contributed by atoms with Crippen LogP contribution in [0.5, 0.6) is 0 Å². The van der Waals surface area contributed by atoms with Crippen LogP contribution in [0.1, 0.15) is 34.7 Å². The molecule has 116 valence electrons. The summed E-state index contributed by atoms with van der Waals surface area (Å²) in [5.41, 5.74) is 4.75. The molecule has 3 nitrogen and oxygen atoms in total. The molecule has 0 aliphatic heterocycles. The minimum absolute atomic E-state index is 0.0727. The van der Waals surface area contributed by atoms with Gasteiger partial charge in [0, 0.05) is 11.4 Å². The van der Waals surface area contributed by atoms with Gasteiger partial charge in [-0.25, -0.2) is 0 Å². The topological polar surface area (TPSA) is 48.2 Å². The fraction of sp³-hybridized carbons (Fsp3) is 0.263. The van der Waals surface area contributed by atoms with Crippen molar-refractivity contribution in [1.29, 1.82) is 5.26 Å². The van der Waals surface area contributed by atoms with Crippen LogP contribution in [0.15, 0.2) is 47.5 Å². The van der Waals surface area contributed by atoms with Crippen molar-refractivity contribution in [3.8, 4) is 6.19 Å². The van der Waals surface area contributed by atoms with Gasteiger partial charge in [-0.05, 0) is 48.1 Å². The summed E-state index contributed by atoms with van der Waals surface area (Å²) >= 11 is 6.27. The Morgan fingerprint density at radius 2 is 2.13 bits per heavy atom. The van der Waals surface area contributed by atoms with Crippen molar-refractivity contribution in [1.82, 2.24) is 5.32 Å². The smallest absolute Gasteiger partial charge is 0.182 e. The molecule has 0 saturated heterocycles. The van der Waals surface area contributed by atoms with E-state index < -0.39 is 0 Å². The molecule has 0 spiro atoms. The number of hydrogen-bond acceptors (Lipinski definition) is 2. The van der Waals surface area contributed by atoms with Gasteiger partial charge < -0.3 is 0 Å². The Bertz CT molecular complexity index is 789. The molecular formula is C19H18ClN3. The van der Waals surface area contributed by atoms with Gasteiger partial charge in [-0.3, -0.25) is 10.3 Å². The lowest BCUT2D eigenvalue weighted by Gasteiger charge is -2.12. The van der Waals surface area contributed by atoms with Crippen LogP contribution < -0.4 is 5.32 Å². The summed E-state index contributed by atoms with van der Waals surface area (Å²) in [6, 6.07) is 14.2. The van der Waals surface area contributed by atoms with Crippen LogP contribution in [0, 0.1) is 18.4 Å². The largest absolute Gasteiger partial charge is 0.280 e. The molecule has 0 fully saturated rings. The molecule has 4 heteroatoms. The average molecular weight is 324 g/mol. The maximum Gasteiger partial charge on any atom is 0.182 e. The lowest BCUT2D eigenvalue weighted by atomic mass is 10.0. The van der Waals surface area contributed by atoms with Gasteiger partial charge in [0.25, 0.3) is 0 Å². The first kappa shape index (κ1) is 15.6. The number of nitrogens with zero attached hydrogens (tertiary/aromatic N) is 2. The van der Waals surface area contributed by atoms with E-state index in [0.29, 0.717) is 12.3 Å². The summed E-state index contributed by atoms with van der Waals surface area (Å²) in [6.45, 7) is 2.07. The second kappa shape index (κ2) is 6.85. The first-order valence-corrected chi connectivity index (χ1v) is 8.10. The molecule has 0 bridgehead atoms. The van der Waals surface area contributed by atoms with Gasteiger partial charge in [0.2, 0.25) is 0 Å². The van der Waals surface area contributed by atoms with Crippen molar-refractivity contribution >= 4 is 17.4 Å². The molecule has 0 heterocycles. The number of nitriles is 1. The van der Waals surface area contributed by atoms with Crippen molar-refractivity contribution in [3.05, 3.63) is 69.7 Å². The Morgan fingerprint density at radius 3 is 2.91 bits per heavy atom. The Kier molecular flexibility index (Phi) is 4.64. The molecule has 23 heavy (non-hydrogen) atoms. The standard InChI is InChI=1S/C19H18ClN3/c1-13-5-2-3-6-14(13)11-19(22-12-21)23-18-10-9-15-16(18)7-4-8-17(15)20/h2-8,18H,9-11H2,1H3,(H,22,23). The number of benzene rings is 2. The molecule has 1 N–H and O–H groups in total. The van der Waals surface area contributed by atoms with Crippen LogP contribution >= 0.6 is 11.6 Å². The highest BCUT2D eigenvalue weighted by molar-refractivity contribution is 6.31. The molecule has 3 rings (SSSR count). The third-order valence-corrected chi connectivity index (χ3v) is 4.67. The highest BCUT2D eigenvalue weighted by Gasteiger charge is 2.24. The van der Waals surface area contributed by atoms with E-state index in [-0.39, 0.29) is 6.04 Å². The molecule has 0 saturated carbocycles. The summed E-state index contributed by atoms with van der Waals surface area (Å²) in [6.07, 6.45) is 4.51. The number of aryl methyl sites for hydroxylation is 1. The van der Waals surface area contributed by atoms with Crippen molar-refractivity contribution in [2.75, 3.05) is 0 Å². The number of halogens is 1. The maximum absolute atomic E-state index is 9.03. The molecule has 0 radical (unpaired) electrons. The maximum atomic E-state index is 9.03. The summed E-state index contributed by atoms with van der Waals surface area (Å²) < 4.78 is 0. The van der Waals surface area contributed by atoms with Gasteiger partial charge in [-0.1, -0.05) is 48.0 Å². The number of fused-ring (bicyclic) bond motifs is 1. The van der Waals surface area contributed by atoms with Crippen molar-refractivity contribution in [2.45, 2.75) is 32.2 Å². The van der Waals surface area contributed by atoms with Crippen LogP contribution in [0.2, 0.25) is 5.02 Å². The minimum atomic E-state index is 0.0727. The normalized spacial score (nSPS) is 16.7. The summed E-state index contributed by atoms with van der Waals surface area (Å²) in [7, 11) is 0. The van der Waals surface area contributed by atoms with Gasteiger partial charge in [-0.2, -0.15) is 5.26 Å². The fourth-order valence-electron chi connectivity index (χ4n) is 3.09. The van der Waals surface area contributed by atoms with Crippen molar-refractivity contribution in [3.63, 3.8) is 0 Å². The lowest BCUT2D eigenvalue weighted by molar-refractivity contribution is 0.710. The Labute approximate surface area is 141 Å². The Morgan fingerprint density at radius 1 is 1.30 bits per heavy atom. The zero-order valence-corrected chi connectivity index (χ0v) is 13.8. The zero-order valence-electron chi connectivity index (χ0n) is 13.0. The van der Waals surface area contributed by atoms with Gasteiger partial charge in [-0.15, -0.1) is 0 Å². The molecule has 1 aliphatic carbocycles. The van der Waals surface area contributed by atoms with Crippen molar-refractivity contribution < 1.29 is 0 Å². The SMILES string of the molecule is Cc1ccccc1CC(=NC1CCc2c(Cl)cccc21)NC#N. The summed E-state index contributed by atoms with van der Waals surface area (Å²) in [5.74, 6) is 0.708. The minimum Gasteiger partial charge on any atom is -0.280 e. The number of aliphatic imine (C=N–C) groups is 1. The third-order valence-electron chi connectivity index (χ3n) is 4.31. The van der Waals surface area contributed by atoms with E-state index in [2.05, 4.69) is 30.4 Å². The lowest BCUT2D eigenvalue weighted by Crippen LogP contribution is -2.21. The second-order valence-corrected chi connectivity index (χ2v) is 6.19. The van der Waals surface area contributed by atoms with Crippen LogP contribution in [-0.2, 0) is 12.8 Å². The van der Waals surface area contributed by atoms with Crippen molar-refractivity contribution in [2.24, 2.45) is 4.99 Å². The number of nitrogens with one attached hydrogen (secondary N) is 1. The van der Waals surface area contributed by atoms with Crippen LogP contribution in [-0.4, -0.2) is 5.84 Å². The first-order valence-electron chi connectivity index (χ1n) is 7.72. The zero-order chi connectivity index (χ0) is 16.2. The predicted molar refractivity (Wildman–Crippen MR) is 93.6 cm³/mol. The average Bonchev–Trinajstić information content (AvgIpc) is 2.94. The molecule has 1 unspecified atom stereocenters. The molecule has 0 aromatic heterocycles. The number of rotatable bonds is 3. The Balaban J connectivity index is 1.88. The molecule has 0 amide bonds. The highest BCUT2D eigenvalue weighted by Crippen LogP contribution is 2.37. The quantitative estimate of drug-likeness (QED) is 0.395. The van der Waals surface area contributed by atoms with Gasteiger partial charge in [0.1, 0.15) is 5.84 Å². The second-order valence-electron chi connectivity index (χ2n) is 5.78. The van der Waals surface area contributed by atoms with E-state index in [1.807, 2.05) is 30.5 Å². The van der Waals surface area contributed by atoms with E-state index in [1.165, 1.54) is 22.3 Å². The van der Waals surface area contributed by atoms with Crippen LogP contribution in [0.4, 0.5) is 0 Å². The van der Waals surface area contributed by atoms with Crippen LogP contribution in [0.3, 0.4) is 0 Å². The molecule has 2 aromatic carbocycles. The Hall–Kier alpha value is -2.31. The summed E-state index contributed by atoms with van der Waals surface area (Å²) in [5, 5.41) is 12.6. The number of hydrogen-bond donors (Lipinski definition) is 1. The highest BCUT2D eigenvalue weighted by atomic mass is 35.5. The van der Waals surface area contributed by atoms with E-state index in [0.717, 1.165) is 17.9 Å². The van der Waals surface area contributed by atoms with Crippen LogP contribution in [0.25, 0.3) is 0 Å². The van der Waals surface area contributed by atoms with Gasteiger partial charge in [0.05, 0.1) is 6.04 Å². The number of amidine groups is 1. The summed E-state index contributed by atoms with van der Waals surface area (Å²) in [4.78, 5) is 4.81. The molecule has 2 aromatic rings. The molecule has 1 aliphatic rings. The molecular weight excluding hydrogens is 306 g/mol. The third kappa shape index (κ3) is 3.38. The molecule has 1 atom stereocenters. The monoisotopic (exact) mass is 323 g/mol. The van der Waals surface area contributed by atoms with E-state index >= 15 is 0 Å². The van der Waals surface area contributed by atoms with E-state index in [4.69, 9.17) is 21.9 Å². The van der Waals surface area contributed by atoms with E-state index in [1.54, 1.807) is 0 Å². The predicted octanol–water partition coefficient (Wildman–Crippen LogP) is 4.35. The fourth-order valence-corrected chi connectivity index (χ4v) is 3.36. The van der Waals surface area contributed by atoms with Gasteiger partial charge >= 0.3 is 0 Å². The van der Waals surface area contributed by atoms with Gasteiger partial charge in [0.15, 0.2) is 6.19 Å². The van der Waals surface area contributed by atoms with E-state index in [9.17, 15) is 0 Å². The first-order chi connectivity index (χ1) is 11.2.